The van der Waals surface area contributed by atoms with E-state index in [1.807, 2.05) is 6.92 Å². The molecule has 66 valence electrons. The van der Waals surface area contributed by atoms with E-state index in [1.165, 1.54) is 12.8 Å². The van der Waals surface area contributed by atoms with Crippen LogP contribution in [0, 0.1) is 11.8 Å². The van der Waals surface area contributed by atoms with Crippen molar-refractivity contribution >= 4 is 5.78 Å². The van der Waals surface area contributed by atoms with Crippen LogP contribution < -0.4 is 0 Å². The van der Waals surface area contributed by atoms with Crippen LogP contribution >= 0.6 is 0 Å². The highest BCUT2D eigenvalue weighted by atomic mass is 16.1. The summed E-state index contributed by atoms with van der Waals surface area (Å²) >= 11 is 0. The summed E-state index contributed by atoms with van der Waals surface area (Å²) in [5.74, 6) is 1.29. The van der Waals surface area contributed by atoms with Crippen LogP contribution in [0.4, 0.5) is 0 Å². The second kappa shape index (κ2) is 5.34. The van der Waals surface area contributed by atoms with Gasteiger partial charge in [-0.05, 0) is 19.3 Å². The molecule has 0 rings (SSSR count). The normalized spacial score (nSPS) is 16.0. The molecule has 0 unspecified atom stereocenters. The number of rotatable bonds is 5. The predicted octanol–water partition coefficient (Wildman–Crippen LogP) is 3.04. The maximum Gasteiger partial charge on any atom is 0.132 e. The van der Waals surface area contributed by atoms with Crippen molar-refractivity contribution in [1.82, 2.24) is 0 Å². The van der Waals surface area contributed by atoms with Gasteiger partial charge in [-0.1, -0.05) is 33.6 Å². The van der Waals surface area contributed by atoms with Crippen LogP contribution in [0.3, 0.4) is 0 Å². The van der Waals surface area contributed by atoms with Crippen molar-refractivity contribution in [3.8, 4) is 0 Å². The number of carbonyl (C=O) groups excluding carboxylic acids is 1. The first-order valence-electron chi connectivity index (χ1n) is 4.58. The van der Waals surface area contributed by atoms with Crippen LogP contribution in [-0.2, 0) is 4.79 Å². The van der Waals surface area contributed by atoms with Gasteiger partial charge in [0.25, 0.3) is 0 Å². The van der Waals surface area contributed by atoms with Crippen LogP contribution in [0.2, 0.25) is 0 Å². The fourth-order valence-corrected chi connectivity index (χ4v) is 1.38. The molecule has 0 N–H and O–H groups in total. The third kappa shape index (κ3) is 5.00. The number of ketones is 1. The van der Waals surface area contributed by atoms with E-state index < -0.39 is 0 Å². The number of carbonyl (C=O) groups is 1. The molecule has 0 aromatic heterocycles. The maximum absolute atomic E-state index is 10.9. The van der Waals surface area contributed by atoms with Crippen LogP contribution in [0.25, 0.3) is 0 Å². The fraction of sp³-hybridized carbons (Fsp3) is 0.900. The average molecular weight is 156 g/mol. The summed E-state index contributed by atoms with van der Waals surface area (Å²) in [6, 6.07) is 0. The van der Waals surface area contributed by atoms with Crippen molar-refractivity contribution in [3.63, 3.8) is 0 Å². The van der Waals surface area contributed by atoms with Gasteiger partial charge in [0.05, 0.1) is 0 Å². The summed E-state index contributed by atoms with van der Waals surface area (Å²) in [5, 5.41) is 0. The first-order valence-corrected chi connectivity index (χ1v) is 4.58. The molecule has 0 aromatic carbocycles. The van der Waals surface area contributed by atoms with E-state index in [0.717, 1.165) is 6.42 Å². The largest absolute Gasteiger partial charge is 0.300 e. The Kier molecular flexibility index (Phi) is 5.18. The monoisotopic (exact) mass is 156 g/mol. The molecule has 1 heteroatoms. The molecular formula is C10H20O. The third-order valence-corrected chi connectivity index (χ3v) is 2.23. The molecule has 0 fully saturated rings. The molecular weight excluding hydrogens is 136 g/mol. The highest BCUT2D eigenvalue weighted by molar-refractivity contribution is 5.77. The molecule has 0 saturated heterocycles. The molecule has 0 aliphatic heterocycles. The van der Waals surface area contributed by atoms with E-state index >= 15 is 0 Å². The smallest absolute Gasteiger partial charge is 0.132 e. The topological polar surface area (TPSA) is 17.1 Å². The second-order valence-corrected chi connectivity index (χ2v) is 3.64. The van der Waals surface area contributed by atoms with Crippen molar-refractivity contribution < 1.29 is 4.79 Å². The van der Waals surface area contributed by atoms with Gasteiger partial charge in [0.15, 0.2) is 0 Å². The van der Waals surface area contributed by atoms with Crippen LogP contribution in [0.1, 0.15) is 47.0 Å². The predicted molar refractivity (Wildman–Crippen MR) is 48.5 cm³/mol. The lowest BCUT2D eigenvalue weighted by atomic mass is 9.92. The molecule has 0 radical (unpaired) electrons. The zero-order chi connectivity index (χ0) is 8.85. The molecule has 0 amide bonds. The first kappa shape index (κ1) is 10.7. The highest BCUT2D eigenvalue weighted by Crippen LogP contribution is 2.16. The van der Waals surface area contributed by atoms with E-state index in [4.69, 9.17) is 0 Å². The van der Waals surface area contributed by atoms with Gasteiger partial charge in [0.2, 0.25) is 0 Å². The van der Waals surface area contributed by atoms with E-state index in [0.29, 0.717) is 11.7 Å². The lowest BCUT2D eigenvalue weighted by molar-refractivity contribution is -0.120. The zero-order valence-electron chi connectivity index (χ0n) is 8.18. The zero-order valence-corrected chi connectivity index (χ0v) is 8.18. The van der Waals surface area contributed by atoms with Crippen molar-refractivity contribution in [2.45, 2.75) is 47.0 Å². The van der Waals surface area contributed by atoms with E-state index in [9.17, 15) is 4.79 Å². The van der Waals surface area contributed by atoms with Gasteiger partial charge in [-0.15, -0.1) is 0 Å². The number of hydrogen-bond donors (Lipinski definition) is 0. The standard InChI is InChI=1S/C10H20O/c1-5-6-8(2)7-9(3)10(4)11/h8-9H,5-7H2,1-4H3/t8-,9+/m1/s1. The Bertz CT molecular complexity index is 118. The van der Waals surface area contributed by atoms with Gasteiger partial charge >= 0.3 is 0 Å². The molecule has 2 atom stereocenters. The van der Waals surface area contributed by atoms with Gasteiger partial charge in [-0.3, -0.25) is 4.79 Å². The molecule has 0 aliphatic carbocycles. The third-order valence-electron chi connectivity index (χ3n) is 2.23. The number of Topliss-reactive ketones (excluding diaryl/α,β-unsaturated/α-hetero) is 1. The van der Waals surface area contributed by atoms with Gasteiger partial charge in [0.1, 0.15) is 5.78 Å². The van der Waals surface area contributed by atoms with E-state index in [-0.39, 0.29) is 5.92 Å². The van der Waals surface area contributed by atoms with Crippen LogP contribution in [-0.4, -0.2) is 5.78 Å². The second-order valence-electron chi connectivity index (χ2n) is 3.64. The minimum Gasteiger partial charge on any atom is -0.300 e. The summed E-state index contributed by atoms with van der Waals surface area (Å²) in [4.78, 5) is 10.9. The summed E-state index contributed by atoms with van der Waals surface area (Å²) in [5.41, 5.74) is 0. The summed E-state index contributed by atoms with van der Waals surface area (Å²) in [6.45, 7) is 8.12. The average Bonchev–Trinajstić information content (AvgIpc) is 1.87. The van der Waals surface area contributed by atoms with Crippen molar-refractivity contribution in [2.75, 3.05) is 0 Å². The van der Waals surface area contributed by atoms with Gasteiger partial charge < -0.3 is 0 Å². The highest BCUT2D eigenvalue weighted by Gasteiger charge is 2.11. The maximum atomic E-state index is 10.9. The van der Waals surface area contributed by atoms with Gasteiger partial charge in [0, 0.05) is 5.92 Å². The molecule has 0 aromatic rings. The minimum atomic E-state index is 0.261. The van der Waals surface area contributed by atoms with Crippen molar-refractivity contribution in [2.24, 2.45) is 11.8 Å². The number of hydrogen-bond acceptors (Lipinski definition) is 1. The molecule has 0 spiro atoms. The van der Waals surface area contributed by atoms with Crippen LogP contribution in [0.15, 0.2) is 0 Å². The summed E-state index contributed by atoms with van der Waals surface area (Å²) in [7, 11) is 0. The Hall–Kier alpha value is -0.330. The molecule has 1 nitrogen and oxygen atoms in total. The Morgan fingerprint density at radius 1 is 1.36 bits per heavy atom. The summed E-state index contributed by atoms with van der Waals surface area (Å²) in [6.07, 6.45) is 3.53. The Morgan fingerprint density at radius 3 is 2.27 bits per heavy atom. The quantitative estimate of drug-likeness (QED) is 0.598. The first-order chi connectivity index (χ1) is 5.07. The summed E-state index contributed by atoms with van der Waals surface area (Å²) < 4.78 is 0. The molecule has 0 saturated carbocycles. The molecule has 0 heterocycles. The van der Waals surface area contributed by atoms with Crippen LogP contribution in [0.5, 0.6) is 0 Å². The minimum absolute atomic E-state index is 0.261. The lowest BCUT2D eigenvalue weighted by Crippen LogP contribution is -2.10. The molecule has 0 bridgehead atoms. The lowest BCUT2D eigenvalue weighted by Gasteiger charge is -2.13. The Morgan fingerprint density at radius 2 is 1.91 bits per heavy atom. The van der Waals surface area contributed by atoms with Gasteiger partial charge in [-0.25, -0.2) is 0 Å². The van der Waals surface area contributed by atoms with Gasteiger partial charge in [-0.2, -0.15) is 0 Å². The Labute approximate surface area is 70.2 Å². The fourth-order valence-electron chi connectivity index (χ4n) is 1.38. The van der Waals surface area contributed by atoms with Crippen molar-refractivity contribution in [3.05, 3.63) is 0 Å². The van der Waals surface area contributed by atoms with E-state index in [2.05, 4.69) is 13.8 Å². The van der Waals surface area contributed by atoms with E-state index in [1.54, 1.807) is 6.92 Å². The van der Waals surface area contributed by atoms with Crippen molar-refractivity contribution in [1.29, 1.82) is 0 Å². The Balaban J connectivity index is 3.56. The molecule has 11 heavy (non-hydrogen) atoms. The molecule has 0 aliphatic rings. The SMILES string of the molecule is CCC[C@@H](C)C[C@H](C)C(C)=O.